The number of halogens is 1. The number of nitrogens with one attached hydrogen (secondary N) is 1. The molecule has 0 unspecified atom stereocenters. The lowest BCUT2D eigenvalue weighted by molar-refractivity contribution is -0.121. The number of methoxy groups -OCH3 is 1. The fraction of sp³-hybridized carbons (Fsp3) is 0.147. The van der Waals surface area contributed by atoms with Gasteiger partial charge in [-0.1, -0.05) is 72.8 Å². The summed E-state index contributed by atoms with van der Waals surface area (Å²) in [6.07, 6.45) is 3.82. The predicted octanol–water partition coefficient (Wildman–Crippen LogP) is 5.69. The molecule has 7 rings (SSSR count). The summed E-state index contributed by atoms with van der Waals surface area (Å²) in [5, 5.41) is 2.98. The maximum atomic E-state index is 15.3. The van der Waals surface area contributed by atoms with Crippen LogP contribution in [0.4, 0.5) is 15.8 Å². The molecule has 0 aromatic heterocycles. The number of nitrogens with zero attached hydrogens (tertiary/aromatic N) is 1. The number of amides is 1. The summed E-state index contributed by atoms with van der Waals surface area (Å²) in [5.41, 5.74) is 1.43. The number of Topliss-reactive ketones (excluding diaryl/α,β-unsaturated/α-hetero) is 2. The Hall–Kier alpha value is -5.04. The summed E-state index contributed by atoms with van der Waals surface area (Å²) in [4.78, 5) is 45.5. The topological polar surface area (TPSA) is 75.7 Å². The van der Waals surface area contributed by atoms with E-state index >= 15 is 4.39 Å². The Morgan fingerprint density at radius 1 is 0.902 bits per heavy atom. The second-order valence-corrected chi connectivity index (χ2v) is 10.5. The molecule has 3 aliphatic heterocycles. The lowest BCUT2D eigenvalue weighted by atomic mass is 9.64. The van der Waals surface area contributed by atoms with Gasteiger partial charge in [0.05, 0.1) is 24.6 Å². The average Bonchev–Trinajstić information content (AvgIpc) is 3.49. The van der Waals surface area contributed by atoms with Crippen LogP contribution in [0.5, 0.6) is 5.75 Å². The highest BCUT2D eigenvalue weighted by Gasteiger charge is 2.70. The number of benzene rings is 4. The molecule has 0 saturated carbocycles. The second-order valence-electron chi connectivity index (χ2n) is 10.5. The van der Waals surface area contributed by atoms with Gasteiger partial charge in [-0.3, -0.25) is 14.4 Å². The number of para-hydroxylation sites is 2. The van der Waals surface area contributed by atoms with E-state index in [2.05, 4.69) is 5.32 Å². The first-order valence-corrected chi connectivity index (χ1v) is 13.4. The molecule has 0 aliphatic carbocycles. The fourth-order valence-electron chi connectivity index (χ4n) is 6.90. The molecule has 41 heavy (non-hydrogen) atoms. The van der Waals surface area contributed by atoms with Crippen molar-refractivity contribution in [2.45, 2.75) is 17.5 Å². The van der Waals surface area contributed by atoms with Crippen LogP contribution in [-0.2, 0) is 10.2 Å². The maximum Gasteiger partial charge on any atom is 0.238 e. The molecule has 1 fully saturated rings. The van der Waals surface area contributed by atoms with Gasteiger partial charge >= 0.3 is 0 Å². The molecule has 4 aromatic carbocycles. The van der Waals surface area contributed by atoms with Crippen molar-refractivity contribution in [3.63, 3.8) is 0 Å². The normalized spacial score (nSPS) is 23.5. The standard InChI is InChI=1S/C34H25FN2O4/c1-41-22-11-8-10-21(19-22)31(38)30-29(32(39)23-12-3-5-14-25(23)35)34(24-13-4-6-15-26(24)36-33(34)40)28-18-17-20-9-2-7-16-27(20)37(28)30/h2-19,28-30H,1H3,(H,36,40)/t28-,29+,30-,34+/m0/s1. The summed E-state index contributed by atoms with van der Waals surface area (Å²) in [6, 6.07) is 25.5. The molecule has 1 amide bonds. The van der Waals surface area contributed by atoms with E-state index in [9.17, 15) is 14.4 Å². The van der Waals surface area contributed by atoms with Crippen molar-refractivity contribution in [1.29, 1.82) is 0 Å². The van der Waals surface area contributed by atoms with E-state index in [1.54, 1.807) is 36.4 Å². The summed E-state index contributed by atoms with van der Waals surface area (Å²) >= 11 is 0. The number of ketones is 2. The van der Waals surface area contributed by atoms with E-state index in [1.807, 2.05) is 59.5 Å². The van der Waals surface area contributed by atoms with Crippen molar-refractivity contribution < 1.29 is 23.5 Å². The first-order valence-electron chi connectivity index (χ1n) is 13.4. The third-order valence-corrected chi connectivity index (χ3v) is 8.59. The predicted molar refractivity (Wildman–Crippen MR) is 154 cm³/mol. The van der Waals surface area contributed by atoms with Crippen molar-refractivity contribution in [2.24, 2.45) is 5.92 Å². The van der Waals surface area contributed by atoms with Gasteiger partial charge in [-0.2, -0.15) is 0 Å². The highest BCUT2D eigenvalue weighted by Crippen LogP contribution is 2.58. The second kappa shape index (κ2) is 9.27. The Morgan fingerprint density at radius 3 is 2.49 bits per heavy atom. The smallest absolute Gasteiger partial charge is 0.238 e. The molecular formula is C34H25FN2O4. The van der Waals surface area contributed by atoms with E-state index < -0.39 is 40.9 Å². The number of carbonyl (C=O) groups excluding carboxylic acids is 3. The third kappa shape index (κ3) is 3.45. The van der Waals surface area contributed by atoms with Crippen molar-refractivity contribution >= 4 is 34.9 Å². The first-order chi connectivity index (χ1) is 20.0. The quantitative estimate of drug-likeness (QED) is 0.327. The minimum absolute atomic E-state index is 0.158. The van der Waals surface area contributed by atoms with E-state index in [0.29, 0.717) is 22.6 Å². The van der Waals surface area contributed by atoms with E-state index in [4.69, 9.17) is 4.74 Å². The van der Waals surface area contributed by atoms with Gasteiger partial charge in [-0.15, -0.1) is 0 Å². The third-order valence-electron chi connectivity index (χ3n) is 8.59. The van der Waals surface area contributed by atoms with Crippen LogP contribution >= 0.6 is 0 Å². The number of anilines is 2. The number of rotatable bonds is 5. The van der Waals surface area contributed by atoms with Crippen LogP contribution < -0.4 is 15.0 Å². The largest absolute Gasteiger partial charge is 0.497 e. The van der Waals surface area contributed by atoms with Crippen LogP contribution in [0.25, 0.3) is 6.08 Å². The van der Waals surface area contributed by atoms with Crippen LogP contribution in [0.3, 0.4) is 0 Å². The number of hydrogen-bond acceptors (Lipinski definition) is 5. The molecule has 1 spiro atoms. The molecule has 0 bridgehead atoms. The highest BCUT2D eigenvalue weighted by atomic mass is 19.1. The van der Waals surface area contributed by atoms with Crippen LogP contribution in [-0.4, -0.2) is 36.7 Å². The molecule has 1 saturated heterocycles. The number of carbonyl (C=O) groups is 3. The van der Waals surface area contributed by atoms with E-state index in [0.717, 1.165) is 11.3 Å². The van der Waals surface area contributed by atoms with Crippen LogP contribution in [0.15, 0.2) is 103 Å². The molecular weight excluding hydrogens is 519 g/mol. The zero-order valence-electron chi connectivity index (χ0n) is 22.1. The molecule has 0 radical (unpaired) electrons. The lowest BCUT2D eigenvalue weighted by Gasteiger charge is -2.37. The van der Waals surface area contributed by atoms with Crippen LogP contribution in [0.2, 0.25) is 0 Å². The Labute approximate surface area is 236 Å². The zero-order valence-corrected chi connectivity index (χ0v) is 22.1. The van der Waals surface area contributed by atoms with Gasteiger partial charge in [0.2, 0.25) is 5.91 Å². The van der Waals surface area contributed by atoms with Gasteiger partial charge in [0.15, 0.2) is 11.6 Å². The number of hydrogen-bond donors (Lipinski definition) is 1. The van der Waals surface area contributed by atoms with Gasteiger partial charge in [0.1, 0.15) is 23.0 Å². The summed E-state index contributed by atoms with van der Waals surface area (Å²) in [6.45, 7) is 0. The molecule has 202 valence electrons. The maximum absolute atomic E-state index is 15.3. The van der Waals surface area contributed by atoms with E-state index in [1.165, 1.54) is 25.3 Å². The molecule has 1 N–H and O–H groups in total. The number of ether oxygens (including phenoxy) is 1. The average molecular weight is 545 g/mol. The van der Waals surface area contributed by atoms with Gasteiger partial charge in [-0.25, -0.2) is 4.39 Å². The minimum Gasteiger partial charge on any atom is -0.497 e. The molecule has 4 atom stereocenters. The van der Waals surface area contributed by atoms with Crippen molar-refractivity contribution in [3.8, 4) is 5.75 Å². The van der Waals surface area contributed by atoms with Crippen molar-refractivity contribution in [1.82, 2.24) is 0 Å². The fourth-order valence-corrected chi connectivity index (χ4v) is 6.90. The minimum atomic E-state index is -1.50. The molecule has 7 heteroatoms. The SMILES string of the molecule is COc1cccc(C(=O)[C@@H]2[C@H](C(=O)c3ccccc3F)[C@]3(C(=O)Nc4ccccc43)[C@@H]3C=Cc4ccccc4N23)c1. The molecule has 3 heterocycles. The first kappa shape index (κ1) is 25.0. The Balaban J connectivity index is 1.54. The van der Waals surface area contributed by atoms with Crippen molar-refractivity contribution in [3.05, 3.63) is 131 Å². The van der Waals surface area contributed by atoms with E-state index in [-0.39, 0.29) is 11.3 Å². The highest BCUT2D eigenvalue weighted by molar-refractivity contribution is 6.18. The molecule has 6 nitrogen and oxygen atoms in total. The number of fused-ring (bicyclic) bond motifs is 6. The molecule has 3 aliphatic rings. The summed E-state index contributed by atoms with van der Waals surface area (Å²) < 4.78 is 20.7. The molecule has 4 aromatic rings. The van der Waals surface area contributed by atoms with Crippen molar-refractivity contribution in [2.75, 3.05) is 17.3 Å². The van der Waals surface area contributed by atoms with Crippen LogP contribution in [0.1, 0.15) is 31.8 Å². The van der Waals surface area contributed by atoms with Gasteiger partial charge in [-0.05, 0) is 47.5 Å². The van der Waals surface area contributed by atoms with Gasteiger partial charge in [0.25, 0.3) is 0 Å². The Kier molecular flexibility index (Phi) is 5.64. The monoisotopic (exact) mass is 544 g/mol. The lowest BCUT2D eigenvalue weighted by Crippen LogP contribution is -2.51. The van der Waals surface area contributed by atoms with Crippen LogP contribution in [0, 0.1) is 11.7 Å². The summed E-state index contributed by atoms with van der Waals surface area (Å²) in [7, 11) is 1.51. The Bertz CT molecular complexity index is 1780. The van der Waals surface area contributed by atoms with Gasteiger partial charge < -0.3 is 15.0 Å². The van der Waals surface area contributed by atoms with Gasteiger partial charge in [0, 0.05) is 16.9 Å². The Morgan fingerprint density at radius 2 is 1.66 bits per heavy atom. The zero-order chi connectivity index (χ0) is 28.3. The summed E-state index contributed by atoms with van der Waals surface area (Å²) in [5.74, 6) is -2.82.